The number of hydrogen-bond acceptors (Lipinski definition) is 1. The second-order valence-corrected chi connectivity index (χ2v) is 2.07. The van der Waals surface area contributed by atoms with E-state index in [4.69, 9.17) is 0 Å². The van der Waals surface area contributed by atoms with Crippen LogP contribution in [0.2, 0.25) is 0 Å². The first-order valence-corrected chi connectivity index (χ1v) is 2.89. The van der Waals surface area contributed by atoms with Crippen molar-refractivity contribution in [2.24, 2.45) is 4.90 Å². The van der Waals surface area contributed by atoms with Crippen LogP contribution in [0.15, 0.2) is 4.90 Å². The topological polar surface area (TPSA) is 12.4 Å². The van der Waals surface area contributed by atoms with E-state index >= 15 is 0 Å². The van der Waals surface area contributed by atoms with E-state index in [0.717, 1.165) is 7.31 Å². The molecule has 0 radical (unpaired) electrons. The molecule has 0 saturated heterocycles. The molecule has 0 bridgehead atoms. The lowest BCUT2D eigenvalue weighted by molar-refractivity contribution is 1.81. The molecule has 0 N–H and O–H groups in total. The molecule has 1 rings (SSSR count). The van der Waals surface area contributed by atoms with Crippen molar-refractivity contribution in [2.45, 2.75) is 6.92 Å². The van der Waals surface area contributed by atoms with Crippen molar-refractivity contribution >= 4 is 34.2 Å². The van der Waals surface area contributed by atoms with E-state index in [-0.39, 0.29) is 0 Å². The highest BCUT2D eigenvalue weighted by Gasteiger charge is 2.03. The van der Waals surface area contributed by atoms with Gasteiger partial charge in [0.05, 0.1) is 14.1 Å². The minimum Gasteiger partial charge on any atom is -0.376 e. The Morgan fingerprint density at radius 3 is 2.57 bits per heavy atom. The van der Waals surface area contributed by atoms with Crippen LogP contribution < -0.4 is 0 Å². The van der Waals surface area contributed by atoms with E-state index in [1.165, 1.54) is 26.9 Å². The zero-order chi connectivity index (χ0) is 5.11. The van der Waals surface area contributed by atoms with Crippen molar-refractivity contribution in [3.05, 3.63) is 0 Å². The first kappa shape index (κ1) is 5.07. The third-order valence-electron chi connectivity index (χ3n) is 1.33. The molecule has 0 amide bonds. The molecule has 0 aromatic carbocycles. The van der Waals surface area contributed by atoms with Gasteiger partial charge in [-0.2, -0.15) is 0 Å². The summed E-state index contributed by atoms with van der Waals surface area (Å²) >= 11 is 0. The minimum atomic E-state index is 1.08. The van der Waals surface area contributed by atoms with Gasteiger partial charge in [-0.1, -0.05) is 5.61 Å². The molecule has 0 aromatic rings. The lowest BCUT2D eigenvalue weighted by Gasteiger charge is -2.00. The molecule has 7 heavy (non-hydrogen) atoms. The van der Waals surface area contributed by atoms with Gasteiger partial charge in [0.15, 0.2) is 0 Å². The van der Waals surface area contributed by atoms with Crippen LogP contribution in [0.1, 0.15) is 6.92 Å². The van der Waals surface area contributed by atoms with Gasteiger partial charge in [0.2, 0.25) is 7.31 Å². The molecule has 1 aliphatic heterocycles. The maximum Gasteiger partial charge on any atom is 0.212 e. The maximum atomic E-state index is 4.25. The molecular weight excluding hydrogens is 81.3 g/mol. The Labute approximate surface area is 46.9 Å². The summed E-state index contributed by atoms with van der Waals surface area (Å²) in [4.78, 5) is 4.25. The van der Waals surface area contributed by atoms with Gasteiger partial charge in [0.1, 0.15) is 7.17 Å². The second-order valence-electron chi connectivity index (χ2n) is 2.07. The van der Waals surface area contributed by atoms with Gasteiger partial charge in [-0.15, -0.1) is 0 Å². The average molecular weight is 88.3 g/mol. The van der Waals surface area contributed by atoms with Gasteiger partial charge in [0, 0.05) is 0 Å². The lowest BCUT2D eigenvalue weighted by Crippen LogP contribution is -2.29. The fourth-order valence-corrected chi connectivity index (χ4v) is 0.842. The molecule has 0 aliphatic carbocycles. The highest BCUT2D eigenvalue weighted by Crippen LogP contribution is 1.77. The molecule has 5 heteroatoms. The van der Waals surface area contributed by atoms with Crippen LogP contribution in [0.25, 0.3) is 0 Å². The predicted octanol–water partition coefficient (Wildman–Crippen LogP) is -2.18. The van der Waals surface area contributed by atoms with Gasteiger partial charge in [-0.25, -0.2) is 0 Å². The number of nitrogens with zero attached hydrogens (tertiary/aromatic N) is 1. The molecule has 0 spiro atoms. The van der Waals surface area contributed by atoms with Crippen molar-refractivity contribution in [1.29, 1.82) is 0 Å². The summed E-state index contributed by atoms with van der Waals surface area (Å²) in [6.45, 7) is 2.11. The normalized spacial score (nSPS) is 17.0. The van der Waals surface area contributed by atoms with Crippen molar-refractivity contribution in [1.82, 2.24) is 0 Å². The van der Waals surface area contributed by atoms with E-state index in [0.29, 0.717) is 0 Å². The van der Waals surface area contributed by atoms with Gasteiger partial charge >= 0.3 is 0 Å². The molecule has 0 saturated carbocycles. The van der Waals surface area contributed by atoms with Crippen molar-refractivity contribution in [2.75, 3.05) is 0 Å². The Morgan fingerprint density at radius 1 is 1.43 bits per heavy atom. The van der Waals surface area contributed by atoms with E-state index < -0.39 is 0 Å². The van der Waals surface area contributed by atoms with Gasteiger partial charge in [0.25, 0.3) is 0 Å². The molecule has 0 atom stereocenters. The summed E-state index contributed by atoms with van der Waals surface area (Å²) in [6, 6.07) is 0. The van der Waals surface area contributed by atoms with Crippen LogP contribution in [-0.4, -0.2) is 34.2 Å². The first-order valence-electron chi connectivity index (χ1n) is 2.89. The van der Waals surface area contributed by atoms with Crippen LogP contribution in [0.5, 0.6) is 0 Å². The number of hydrogen-bond donors (Lipinski definition) is 0. The van der Waals surface area contributed by atoms with E-state index in [2.05, 4.69) is 11.8 Å². The molecule has 1 heterocycles. The van der Waals surface area contributed by atoms with Gasteiger partial charge in [-0.05, 0) is 6.92 Å². The quantitative estimate of drug-likeness (QED) is 0.299. The van der Waals surface area contributed by atoms with Crippen LogP contribution in [0, 0.1) is 0 Å². The van der Waals surface area contributed by atoms with Crippen molar-refractivity contribution in [3.63, 3.8) is 0 Å². The van der Waals surface area contributed by atoms with E-state index in [9.17, 15) is 0 Å². The fraction of sp³-hybridized carbons (Fsp3) is 0.500. The molecule has 0 aromatic heterocycles. The Kier molecular flexibility index (Phi) is 1.66. The van der Waals surface area contributed by atoms with Gasteiger partial charge < -0.3 is 4.90 Å². The summed E-state index contributed by atoms with van der Waals surface area (Å²) in [5.74, 6) is 0. The number of rotatable bonds is 0. The Balaban J connectivity index is 2.40. The second kappa shape index (κ2) is 2.29. The zero-order valence-electron chi connectivity index (χ0n) is 4.78. The highest BCUT2D eigenvalue weighted by atomic mass is 14.6. The summed E-state index contributed by atoms with van der Waals surface area (Å²) in [5.41, 5.74) is 1.34. The van der Waals surface area contributed by atoms with Gasteiger partial charge in [-0.3, -0.25) is 0 Å². The molecule has 0 fully saturated rings. The summed E-state index contributed by atoms with van der Waals surface area (Å²) in [7, 11) is 4.97. The van der Waals surface area contributed by atoms with E-state index in [1.807, 2.05) is 0 Å². The zero-order valence-corrected chi connectivity index (χ0v) is 4.78. The first-order chi connectivity index (χ1) is 3.39. The van der Waals surface area contributed by atoms with E-state index in [1.54, 1.807) is 0 Å². The molecule has 1 aliphatic rings. The third-order valence-corrected chi connectivity index (χ3v) is 1.33. The Bertz CT molecular complexity index is 89.7. The molecular formula is C2H7B4N. The van der Waals surface area contributed by atoms with Crippen LogP contribution in [0.4, 0.5) is 0 Å². The monoisotopic (exact) mass is 89.1 g/mol. The molecule has 1 nitrogen and oxygen atoms in total. The van der Waals surface area contributed by atoms with Crippen LogP contribution in [0.3, 0.4) is 0 Å². The molecule has 0 unspecified atom stereocenters. The molecule has 32 valence electrons. The summed E-state index contributed by atoms with van der Waals surface area (Å²) in [6.07, 6.45) is 0. The van der Waals surface area contributed by atoms with Crippen molar-refractivity contribution in [3.8, 4) is 0 Å². The van der Waals surface area contributed by atoms with Crippen LogP contribution >= 0.6 is 0 Å². The SMILES string of the molecule is CC1=NBBBB1. The largest absolute Gasteiger partial charge is 0.376 e. The predicted molar refractivity (Wildman–Crippen MR) is 41.7 cm³/mol. The Hall–Kier alpha value is -0.0703. The Morgan fingerprint density at radius 2 is 2.29 bits per heavy atom. The standard InChI is InChI=1S/C2H7B4N/c1-2-3-4-5-6-7-2/h3-6H,1H3. The lowest BCUT2D eigenvalue weighted by atomic mass is 9.08. The highest BCUT2D eigenvalue weighted by molar-refractivity contribution is 7.50. The summed E-state index contributed by atoms with van der Waals surface area (Å²) < 4.78 is 0. The smallest absolute Gasteiger partial charge is 0.212 e. The fourth-order valence-electron chi connectivity index (χ4n) is 0.842. The average Bonchev–Trinajstić information content (AvgIpc) is 1.69. The minimum absolute atomic E-state index is 1.08. The maximum absolute atomic E-state index is 4.25. The summed E-state index contributed by atoms with van der Waals surface area (Å²) in [5, 5.41) is 0. The van der Waals surface area contributed by atoms with Crippen molar-refractivity contribution < 1.29 is 0 Å². The third kappa shape index (κ3) is 1.46. The van der Waals surface area contributed by atoms with Crippen LogP contribution in [-0.2, 0) is 0 Å².